The second-order valence-electron chi connectivity index (χ2n) is 5.41. The van der Waals surface area contributed by atoms with Gasteiger partial charge in [0, 0.05) is 0 Å². The van der Waals surface area contributed by atoms with Crippen molar-refractivity contribution in [3.63, 3.8) is 0 Å². The van der Waals surface area contributed by atoms with Gasteiger partial charge in [0.2, 0.25) is 0 Å². The van der Waals surface area contributed by atoms with Crippen molar-refractivity contribution in [2.24, 2.45) is 0 Å². The zero-order chi connectivity index (χ0) is 12.2. The Bertz CT molecular complexity index is 290. The average Bonchev–Trinajstić information content (AvgIpc) is 2.16. The van der Waals surface area contributed by atoms with Gasteiger partial charge in [-0.2, -0.15) is 0 Å². The lowest BCUT2D eigenvalue weighted by molar-refractivity contribution is 0.0463. The van der Waals surface area contributed by atoms with Gasteiger partial charge in [-0.15, -0.1) is 6.42 Å². The lowest BCUT2D eigenvalue weighted by Gasteiger charge is -2.34. The molecule has 0 aromatic rings. The molecule has 3 nitrogen and oxygen atoms in total. The fraction of sp³-hybridized carbons (Fsp3) is 0.769. The van der Waals surface area contributed by atoms with Gasteiger partial charge in [-0.25, -0.2) is 4.79 Å². The number of amides is 1. The van der Waals surface area contributed by atoms with Gasteiger partial charge in [0.05, 0.1) is 0 Å². The zero-order valence-corrected chi connectivity index (χ0v) is 10.4. The van der Waals surface area contributed by atoms with Crippen molar-refractivity contribution >= 4 is 6.09 Å². The average molecular weight is 223 g/mol. The Hall–Kier alpha value is -1.17. The molecule has 0 aromatic carbocycles. The molecule has 1 N–H and O–H groups in total. The molecular weight excluding hydrogens is 202 g/mol. The van der Waals surface area contributed by atoms with Crippen LogP contribution in [-0.4, -0.2) is 17.2 Å². The van der Waals surface area contributed by atoms with E-state index >= 15 is 0 Å². The number of hydrogen-bond acceptors (Lipinski definition) is 2. The lowest BCUT2D eigenvalue weighted by atomic mass is 9.82. The van der Waals surface area contributed by atoms with Gasteiger partial charge in [-0.05, 0) is 33.6 Å². The minimum absolute atomic E-state index is 0.410. The molecule has 16 heavy (non-hydrogen) atoms. The van der Waals surface area contributed by atoms with Gasteiger partial charge < -0.3 is 10.1 Å². The maximum absolute atomic E-state index is 11.7. The number of rotatable bonds is 1. The summed E-state index contributed by atoms with van der Waals surface area (Å²) in [6.45, 7) is 5.53. The lowest BCUT2D eigenvalue weighted by Crippen LogP contribution is -2.50. The summed E-state index contributed by atoms with van der Waals surface area (Å²) in [4.78, 5) is 11.7. The van der Waals surface area contributed by atoms with E-state index in [1.807, 2.05) is 20.8 Å². The smallest absolute Gasteiger partial charge is 0.408 e. The first-order chi connectivity index (χ1) is 7.37. The largest absolute Gasteiger partial charge is 0.444 e. The monoisotopic (exact) mass is 223 g/mol. The minimum atomic E-state index is -0.486. The molecule has 0 bridgehead atoms. The van der Waals surface area contributed by atoms with Crippen LogP contribution in [0.1, 0.15) is 52.9 Å². The quantitative estimate of drug-likeness (QED) is 0.694. The normalized spacial score (nSPS) is 19.6. The molecule has 0 atom stereocenters. The van der Waals surface area contributed by atoms with Crippen LogP contribution in [0.5, 0.6) is 0 Å². The van der Waals surface area contributed by atoms with Crippen LogP contribution in [0.15, 0.2) is 0 Å². The van der Waals surface area contributed by atoms with Gasteiger partial charge in [0.15, 0.2) is 0 Å². The molecule has 1 saturated carbocycles. The predicted molar refractivity (Wildman–Crippen MR) is 64.0 cm³/mol. The summed E-state index contributed by atoms with van der Waals surface area (Å²) in [6.07, 6.45) is 10.2. The molecule has 1 amide bonds. The second kappa shape index (κ2) is 4.78. The highest BCUT2D eigenvalue weighted by Gasteiger charge is 2.33. The van der Waals surface area contributed by atoms with E-state index in [9.17, 15) is 4.79 Å². The number of nitrogens with one attached hydrogen (secondary N) is 1. The maximum atomic E-state index is 11.7. The van der Waals surface area contributed by atoms with E-state index in [1.165, 1.54) is 6.42 Å². The molecular formula is C13H21NO2. The standard InChI is InChI=1S/C13H21NO2/c1-5-13(9-7-6-8-10-13)14-11(15)16-12(2,3)4/h1H,6-10H2,2-4H3,(H,14,15). The first-order valence-electron chi connectivity index (χ1n) is 5.86. The van der Waals surface area contributed by atoms with Gasteiger partial charge in [0.25, 0.3) is 0 Å². The number of alkyl carbamates (subject to hydrolysis) is 1. The van der Waals surface area contributed by atoms with E-state index in [4.69, 9.17) is 11.2 Å². The Morgan fingerprint density at radius 2 is 1.88 bits per heavy atom. The molecule has 0 radical (unpaired) electrons. The van der Waals surface area contributed by atoms with Crippen LogP contribution < -0.4 is 5.32 Å². The van der Waals surface area contributed by atoms with Crippen LogP contribution in [0.3, 0.4) is 0 Å². The van der Waals surface area contributed by atoms with Crippen LogP contribution in [0, 0.1) is 12.3 Å². The Morgan fingerprint density at radius 3 is 2.31 bits per heavy atom. The molecule has 0 unspecified atom stereocenters. The van der Waals surface area contributed by atoms with Crippen molar-refractivity contribution < 1.29 is 9.53 Å². The summed E-state index contributed by atoms with van der Waals surface area (Å²) >= 11 is 0. The van der Waals surface area contributed by atoms with E-state index in [-0.39, 0.29) is 0 Å². The summed E-state index contributed by atoms with van der Waals surface area (Å²) < 4.78 is 5.22. The Balaban J connectivity index is 2.57. The number of carbonyl (C=O) groups is 1. The van der Waals surface area contributed by atoms with E-state index in [2.05, 4.69) is 11.2 Å². The van der Waals surface area contributed by atoms with E-state index < -0.39 is 17.2 Å². The molecule has 3 heteroatoms. The molecule has 0 heterocycles. The van der Waals surface area contributed by atoms with Crippen LogP contribution >= 0.6 is 0 Å². The summed E-state index contributed by atoms with van der Waals surface area (Å²) in [5.74, 6) is 2.72. The van der Waals surface area contributed by atoms with Crippen molar-refractivity contribution in [1.29, 1.82) is 0 Å². The number of terminal acetylenes is 1. The number of ether oxygens (including phenoxy) is 1. The van der Waals surface area contributed by atoms with Crippen LogP contribution in [-0.2, 0) is 4.74 Å². The molecule has 0 spiro atoms. The molecule has 1 aliphatic carbocycles. The summed E-state index contributed by atoms with van der Waals surface area (Å²) in [6, 6.07) is 0. The SMILES string of the molecule is C#CC1(NC(=O)OC(C)(C)C)CCCCC1. The van der Waals surface area contributed by atoms with Crippen LogP contribution in [0.4, 0.5) is 4.79 Å². The molecule has 0 saturated heterocycles. The van der Waals surface area contributed by atoms with Crippen molar-refractivity contribution in [3.8, 4) is 12.3 Å². The van der Waals surface area contributed by atoms with Crippen molar-refractivity contribution in [3.05, 3.63) is 0 Å². The topological polar surface area (TPSA) is 38.3 Å². The maximum Gasteiger partial charge on any atom is 0.408 e. The first kappa shape index (κ1) is 12.9. The predicted octanol–water partition coefficient (Wildman–Crippen LogP) is 2.85. The number of hydrogen-bond donors (Lipinski definition) is 1. The molecule has 1 rings (SSSR count). The van der Waals surface area contributed by atoms with Crippen molar-refractivity contribution in [2.45, 2.75) is 64.0 Å². The Morgan fingerprint density at radius 1 is 1.31 bits per heavy atom. The fourth-order valence-electron chi connectivity index (χ4n) is 1.96. The zero-order valence-electron chi connectivity index (χ0n) is 10.4. The van der Waals surface area contributed by atoms with Gasteiger partial charge in [0.1, 0.15) is 11.1 Å². The van der Waals surface area contributed by atoms with Crippen LogP contribution in [0.2, 0.25) is 0 Å². The summed E-state index contributed by atoms with van der Waals surface area (Å²) in [5.41, 5.74) is -0.963. The third-order valence-corrected chi connectivity index (χ3v) is 2.72. The van der Waals surface area contributed by atoms with Crippen molar-refractivity contribution in [1.82, 2.24) is 5.32 Å². The summed E-state index contributed by atoms with van der Waals surface area (Å²) in [7, 11) is 0. The molecule has 0 aromatic heterocycles. The number of carbonyl (C=O) groups excluding carboxylic acids is 1. The van der Waals surface area contributed by atoms with Gasteiger partial charge in [-0.3, -0.25) is 0 Å². The van der Waals surface area contributed by atoms with Crippen LogP contribution in [0.25, 0.3) is 0 Å². The molecule has 1 aliphatic rings. The van der Waals surface area contributed by atoms with Gasteiger partial charge in [-0.1, -0.05) is 25.2 Å². The highest BCUT2D eigenvalue weighted by Crippen LogP contribution is 2.27. The third-order valence-electron chi connectivity index (χ3n) is 2.72. The molecule has 0 aliphatic heterocycles. The van der Waals surface area contributed by atoms with E-state index in [1.54, 1.807) is 0 Å². The molecule has 90 valence electrons. The second-order valence-corrected chi connectivity index (χ2v) is 5.41. The Kier molecular flexibility index (Phi) is 3.85. The summed E-state index contributed by atoms with van der Waals surface area (Å²) in [5, 5.41) is 2.84. The van der Waals surface area contributed by atoms with Gasteiger partial charge >= 0.3 is 6.09 Å². The van der Waals surface area contributed by atoms with E-state index in [0.29, 0.717) is 0 Å². The molecule has 1 fully saturated rings. The third kappa shape index (κ3) is 3.77. The highest BCUT2D eigenvalue weighted by atomic mass is 16.6. The fourth-order valence-corrected chi connectivity index (χ4v) is 1.96. The Labute approximate surface area is 97.9 Å². The minimum Gasteiger partial charge on any atom is -0.444 e. The first-order valence-corrected chi connectivity index (χ1v) is 5.86. The highest BCUT2D eigenvalue weighted by molar-refractivity contribution is 5.69. The van der Waals surface area contributed by atoms with Crippen molar-refractivity contribution in [2.75, 3.05) is 0 Å². The van der Waals surface area contributed by atoms with E-state index in [0.717, 1.165) is 25.7 Å².